The molecule has 2 aromatic rings. The van der Waals surface area contributed by atoms with Gasteiger partial charge in [0, 0.05) is 11.1 Å². The van der Waals surface area contributed by atoms with Gasteiger partial charge in [-0.25, -0.2) is 5.43 Å². The van der Waals surface area contributed by atoms with Gasteiger partial charge in [0.25, 0.3) is 11.8 Å². The van der Waals surface area contributed by atoms with E-state index in [0.717, 1.165) is 12.0 Å². The van der Waals surface area contributed by atoms with Crippen LogP contribution in [0.25, 0.3) is 0 Å². The van der Waals surface area contributed by atoms with E-state index in [2.05, 4.69) is 15.8 Å². The lowest BCUT2D eigenvalue weighted by atomic mass is 10.2. The van der Waals surface area contributed by atoms with Gasteiger partial charge in [-0.1, -0.05) is 19.1 Å². The summed E-state index contributed by atoms with van der Waals surface area (Å²) in [6.07, 6.45) is 2.39. The highest BCUT2D eigenvalue weighted by molar-refractivity contribution is 5.96. The number of ether oxygens (including phenoxy) is 2. The summed E-state index contributed by atoms with van der Waals surface area (Å²) >= 11 is 0. The Kier molecular flexibility index (Phi) is 7.84. The molecule has 2 rings (SSSR count). The average Bonchev–Trinajstić information content (AvgIpc) is 2.71. The van der Waals surface area contributed by atoms with E-state index in [0.29, 0.717) is 23.7 Å². The molecule has 0 unspecified atom stereocenters. The van der Waals surface area contributed by atoms with Gasteiger partial charge in [0.15, 0.2) is 0 Å². The van der Waals surface area contributed by atoms with E-state index in [4.69, 9.17) is 9.47 Å². The Morgan fingerprint density at radius 1 is 1.11 bits per heavy atom. The summed E-state index contributed by atoms with van der Waals surface area (Å²) in [5.74, 6) is 0.574. The molecule has 0 radical (unpaired) electrons. The number of carbonyl (C=O) groups excluding carboxylic acids is 2. The van der Waals surface area contributed by atoms with Gasteiger partial charge in [-0.15, -0.1) is 0 Å². The molecular weight excluding hydrogens is 346 g/mol. The number of amides is 2. The second-order valence-electron chi connectivity index (χ2n) is 5.59. The fraction of sp³-hybridized carbons (Fsp3) is 0.250. The molecule has 0 spiro atoms. The summed E-state index contributed by atoms with van der Waals surface area (Å²) in [5, 5.41) is 6.41. The standard InChI is InChI=1S/C20H23N3O4/c1-3-12-27-17-10-8-15(9-11-17)20(25)21-14-19(24)23-22-13-16-6-4-5-7-18(16)26-2/h4-11,13H,3,12,14H2,1-2H3,(H,21,25)(H,23,24)/b22-13-. The molecule has 0 fully saturated rings. The maximum atomic E-state index is 12.1. The number of hydrogen-bond donors (Lipinski definition) is 2. The predicted molar refractivity (Wildman–Crippen MR) is 103 cm³/mol. The summed E-state index contributed by atoms with van der Waals surface area (Å²) in [6, 6.07) is 14.0. The molecule has 0 aromatic heterocycles. The zero-order chi connectivity index (χ0) is 19.5. The van der Waals surface area contributed by atoms with Crippen molar-refractivity contribution in [3.8, 4) is 11.5 Å². The van der Waals surface area contributed by atoms with Crippen LogP contribution in [0.3, 0.4) is 0 Å². The third-order valence-corrected chi connectivity index (χ3v) is 3.53. The van der Waals surface area contributed by atoms with Crippen LogP contribution in [0.15, 0.2) is 53.6 Å². The Morgan fingerprint density at radius 2 is 1.85 bits per heavy atom. The summed E-state index contributed by atoms with van der Waals surface area (Å²) in [5.41, 5.74) is 3.54. The number of benzene rings is 2. The Morgan fingerprint density at radius 3 is 2.56 bits per heavy atom. The normalized spacial score (nSPS) is 10.4. The van der Waals surface area contributed by atoms with Crippen molar-refractivity contribution in [1.82, 2.24) is 10.7 Å². The largest absolute Gasteiger partial charge is 0.496 e. The topological polar surface area (TPSA) is 89.0 Å². The van der Waals surface area contributed by atoms with Crippen LogP contribution in [0.4, 0.5) is 0 Å². The Balaban J connectivity index is 1.79. The molecule has 2 N–H and O–H groups in total. The van der Waals surface area contributed by atoms with Gasteiger partial charge in [-0.3, -0.25) is 9.59 Å². The number of nitrogens with zero attached hydrogens (tertiary/aromatic N) is 1. The fourth-order valence-corrected chi connectivity index (χ4v) is 2.17. The minimum Gasteiger partial charge on any atom is -0.496 e. The number of hydrogen-bond acceptors (Lipinski definition) is 5. The molecule has 0 aliphatic heterocycles. The first kappa shape index (κ1) is 20.0. The molecule has 27 heavy (non-hydrogen) atoms. The Bertz CT molecular complexity index is 788. The van der Waals surface area contributed by atoms with Crippen molar-refractivity contribution in [3.63, 3.8) is 0 Å². The van der Waals surface area contributed by atoms with Crippen molar-refractivity contribution in [3.05, 3.63) is 59.7 Å². The van der Waals surface area contributed by atoms with Gasteiger partial charge in [0.05, 0.1) is 26.5 Å². The number of nitrogens with one attached hydrogen (secondary N) is 2. The van der Waals surface area contributed by atoms with Crippen LogP contribution in [-0.4, -0.2) is 38.3 Å². The molecule has 0 aliphatic carbocycles. The van der Waals surface area contributed by atoms with Crippen molar-refractivity contribution in [2.75, 3.05) is 20.3 Å². The van der Waals surface area contributed by atoms with Gasteiger partial charge in [0.1, 0.15) is 11.5 Å². The molecule has 7 nitrogen and oxygen atoms in total. The zero-order valence-corrected chi connectivity index (χ0v) is 15.4. The van der Waals surface area contributed by atoms with E-state index in [1.807, 2.05) is 25.1 Å². The van der Waals surface area contributed by atoms with Crippen LogP contribution < -0.4 is 20.2 Å². The van der Waals surface area contributed by atoms with Crippen LogP contribution in [0.2, 0.25) is 0 Å². The lowest BCUT2D eigenvalue weighted by molar-refractivity contribution is -0.120. The van der Waals surface area contributed by atoms with Crippen LogP contribution >= 0.6 is 0 Å². The summed E-state index contributed by atoms with van der Waals surface area (Å²) in [4.78, 5) is 23.9. The SMILES string of the molecule is CCCOc1ccc(C(=O)NCC(=O)N/N=C\c2ccccc2OC)cc1. The summed E-state index contributed by atoms with van der Waals surface area (Å²) in [7, 11) is 1.56. The van der Waals surface area contributed by atoms with Crippen molar-refractivity contribution in [1.29, 1.82) is 0 Å². The highest BCUT2D eigenvalue weighted by Gasteiger charge is 2.08. The second kappa shape index (κ2) is 10.6. The highest BCUT2D eigenvalue weighted by atomic mass is 16.5. The monoisotopic (exact) mass is 369 g/mol. The Labute approximate surface area is 158 Å². The van der Waals surface area contributed by atoms with E-state index < -0.39 is 5.91 Å². The molecule has 0 saturated heterocycles. The molecular formula is C20H23N3O4. The fourth-order valence-electron chi connectivity index (χ4n) is 2.17. The first-order valence-electron chi connectivity index (χ1n) is 8.60. The third kappa shape index (κ3) is 6.47. The lowest BCUT2D eigenvalue weighted by Crippen LogP contribution is -2.34. The Hall–Kier alpha value is -3.35. The summed E-state index contributed by atoms with van der Waals surface area (Å²) < 4.78 is 10.7. The number of para-hydroxylation sites is 1. The first-order valence-corrected chi connectivity index (χ1v) is 8.60. The van der Waals surface area contributed by atoms with Crippen molar-refractivity contribution in [2.45, 2.75) is 13.3 Å². The van der Waals surface area contributed by atoms with E-state index in [1.54, 1.807) is 37.4 Å². The van der Waals surface area contributed by atoms with Gasteiger partial charge in [-0.05, 0) is 42.8 Å². The summed E-state index contributed by atoms with van der Waals surface area (Å²) in [6.45, 7) is 2.46. The minimum atomic E-state index is -0.433. The first-order chi connectivity index (χ1) is 13.1. The van der Waals surface area contributed by atoms with Crippen LogP contribution in [0.1, 0.15) is 29.3 Å². The number of rotatable bonds is 9. The van der Waals surface area contributed by atoms with E-state index >= 15 is 0 Å². The number of methoxy groups -OCH3 is 1. The maximum Gasteiger partial charge on any atom is 0.259 e. The molecule has 0 saturated carbocycles. The number of hydrazone groups is 1. The van der Waals surface area contributed by atoms with Crippen LogP contribution in [0, 0.1) is 0 Å². The van der Waals surface area contributed by atoms with Crippen molar-refractivity contribution < 1.29 is 19.1 Å². The second-order valence-corrected chi connectivity index (χ2v) is 5.59. The van der Waals surface area contributed by atoms with E-state index in [-0.39, 0.29) is 12.5 Å². The number of carbonyl (C=O) groups is 2. The van der Waals surface area contributed by atoms with Crippen LogP contribution in [-0.2, 0) is 4.79 Å². The van der Waals surface area contributed by atoms with Gasteiger partial charge >= 0.3 is 0 Å². The smallest absolute Gasteiger partial charge is 0.259 e. The molecule has 0 bridgehead atoms. The molecule has 7 heteroatoms. The minimum absolute atomic E-state index is 0.184. The van der Waals surface area contributed by atoms with Crippen LogP contribution in [0.5, 0.6) is 11.5 Å². The lowest BCUT2D eigenvalue weighted by Gasteiger charge is -2.07. The molecule has 0 atom stereocenters. The van der Waals surface area contributed by atoms with Gasteiger partial charge in [-0.2, -0.15) is 5.10 Å². The molecule has 142 valence electrons. The molecule has 0 aliphatic rings. The third-order valence-electron chi connectivity index (χ3n) is 3.53. The quantitative estimate of drug-likeness (QED) is 0.525. The molecule has 2 aromatic carbocycles. The van der Waals surface area contributed by atoms with E-state index in [1.165, 1.54) is 6.21 Å². The zero-order valence-electron chi connectivity index (χ0n) is 15.4. The molecule has 2 amide bonds. The van der Waals surface area contributed by atoms with Crippen molar-refractivity contribution in [2.24, 2.45) is 5.10 Å². The molecule has 0 heterocycles. The van der Waals surface area contributed by atoms with Crippen molar-refractivity contribution >= 4 is 18.0 Å². The van der Waals surface area contributed by atoms with Gasteiger partial charge in [0.2, 0.25) is 0 Å². The predicted octanol–water partition coefficient (Wildman–Crippen LogP) is 2.36. The van der Waals surface area contributed by atoms with Gasteiger partial charge < -0.3 is 14.8 Å². The average molecular weight is 369 g/mol. The highest BCUT2D eigenvalue weighted by Crippen LogP contribution is 2.14. The maximum absolute atomic E-state index is 12.1. The van der Waals surface area contributed by atoms with E-state index in [9.17, 15) is 9.59 Å².